The van der Waals surface area contributed by atoms with E-state index >= 15 is 0 Å². The molecule has 0 aromatic carbocycles. The summed E-state index contributed by atoms with van der Waals surface area (Å²) in [5.41, 5.74) is 2.49. The van der Waals surface area contributed by atoms with Crippen molar-refractivity contribution >= 4 is 22.8 Å². The number of nitrogens with zero attached hydrogens (tertiary/aromatic N) is 2. The Morgan fingerprint density at radius 3 is 2.63 bits per heavy atom. The highest BCUT2D eigenvalue weighted by Gasteiger charge is 2.21. The fraction of sp³-hybridized carbons (Fsp3) is 0.500. The highest BCUT2D eigenvalue weighted by atomic mass is 16.1. The predicted molar refractivity (Wildman–Crippen MR) is 76.3 cm³/mol. The monoisotopic (exact) mass is 260 g/mol. The van der Waals surface area contributed by atoms with Crippen molar-refractivity contribution in [3.8, 4) is 0 Å². The molecular weight excluding hydrogens is 240 g/mol. The van der Waals surface area contributed by atoms with Gasteiger partial charge in [-0.05, 0) is 19.4 Å². The lowest BCUT2D eigenvalue weighted by atomic mass is 9.91. The largest absolute Gasteiger partial charge is 0.347 e. The molecule has 0 spiro atoms. The summed E-state index contributed by atoms with van der Waals surface area (Å²) in [7, 11) is 0. The minimum absolute atomic E-state index is 0.136. The molecule has 2 rings (SSSR count). The van der Waals surface area contributed by atoms with Gasteiger partial charge in [-0.15, -0.1) is 0 Å². The fourth-order valence-electron chi connectivity index (χ4n) is 1.90. The van der Waals surface area contributed by atoms with Crippen LogP contribution >= 0.6 is 0 Å². The van der Waals surface area contributed by atoms with E-state index in [4.69, 9.17) is 0 Å². The second-order valence-corrected chi connectivity index (χ2v) is 5.85. The van der Waals surface area contributed by atoms with Crippen molar-refractivity contribution in [2.75, 3.05) is 11.9 Å². The van der Waals surface area contributed by atoms with Gasteiger partial charge in [0, 0.05) is 17.0 Å². The third kappa shape index (κ3) is 2.75. The van der Waals surface area contributed by atoms with E-state index in [1.807, 2.05) is 40.8 Å². The Balaban J connectivity index is 2.21. The van der Waals surface area contributed by atoms with Gasteiger partial charge in [-0.25, -0.2) is 4.98 Å². The lowest BCUT2D eigenvalue weighted by molar-refractivity contribution is -0.124. The smallest absolute Gasteiger partial charge is 0.225 e. The van der Waals surface area contributed by atoms with E-state index in [1.54, 1.807) is 0 Å². The first-order valence-corrected chi connectivity index (χ1v) is 6.38. The molecule has 2 aromatic heterocycles. The molecule has 19 heavy (non-hydrogen) atoms. The van der Waals surface area contributed by atoms with E-state index in [9.17, 15) is 4.79 Å². The summed E-state index contributed by atoms with van der Waals surface area (Å²) >= 11 is 0. The summed E-state index contributed by atoms with van der Waals surface area (Å²) in [6.07, 6.45) is 1.91. The van der Waals surface area contributed by atoms with Gasteiger partial charge in [0.1, 0.15) is 5.65 Å². The Labute approximate surface area is 112 Å². The molecule has 0 aliphatic heterocycles. The number of Topliss-reactive ketones (excluding diaryl/α,β-unsaturated/α-hetero) is 1. The van der Waals surface area contributed by atoms with Crippen LogP contribution in [0.4, 0.5) is 5.95 Å². The summed E-state index contributed by atoms with van der Waals surface area (Å²) in [5.74, 6) is 0.626. The molecule has 0 unspecified atom stereocenters. The average molecular weight is 260 g/mol. The number of carbonyl (C=O) groups excluding carboxylic acids is 1. The normalized spacial score (nSPS) is 11.8. The SMILES string of the molecule is Cc1c[nH]c2nc(NCC(=O)C(C)(C)C)nc(C)c12. The number of aromatic amines is 1. The lowest BCUT2D eigenvalue weighted by Gasteiger charge is -2.16. The van der Waals surface area contributed by atoms with Gasteiger partial charge in [-0.3, -0.25) is 4.79 Å². The summed E-state index contributed by atoms with van der Waals surface area (Å²) in [5, 5.41) is 4.05. The zero-order chi connectivity index (χ0) is 14.2. The topological polar surface area (TPSA) is 70.7 Å². The minimum atomic E-state index is -0.352. The van der Waals surface area contributed by atoms with Crippen molar-refractivity contribution < 1.29 is 4.79 Å². The standard InChI is InChI=1S/C14H20N4O/c1-8-6-15-12-11(8)9(2)17-13(18-12)16-7-10(19)14(3,4)5/h6H,7H2,1-5H3,(H2,15,16,17,18). The molecule has 0 fully saturated rings. The van der Waals surface area contributed by atoms with Crippen LogP contribution in [-0.2, 0) is 4.79 Å². The number of H-pyrrole nitrogens is 1. The first kappa shape index (κ1) is 13.5. The second kappa shape index (κ2) is 4.64. The molecule has 0 saturated heterocycles. The summed E-state index contributed by atoms with van der Waals surface area (Å²) < 4.78 is 0. The molecule has 2 aromatic rings. The third-order valence-corrected chi connectivity index (χ3v) is 3.15. The Morgan fingerprint density at radius 2 is 2.00 bits per heavy atom. The van der Waals surface area contributed by atoms with E-state index in [0.29, 0.717) is 5.95 Å². The van der Waals surface area contributed by atoms with Crippen LogP contribution in [0.1, 0.15) is 32.0 Å². The molecule has 0 aliphatic rings. The number of nitrogens with one attached hydrogen (secondary N) is 2. The van der Waals surface area contributed by atoms with Gasteiger partial charge in [-0.2, -0.15) is 4.98 Å². The molecule has 0 aliphatic carbocycles. The van der Waals surface area contributed by atoms with Crippen LogP contribution < -0.4 is 5.32 Å². The zero-order valence-electron chi connectivity index (χ0n) is 12.1. The minimum Gasteiger partial charge on any atom is -0.347 e. The maximum absolute atomic E-state index is 11.9. The van der Waals surface area contributed by atoms with Crippen molar-refractivity contribution in [1.29, 1.82) is 0 Å². The summed E-state index contributed by atoms with van der Waals surface area (Å²) in [6.45, 7) is 9.92. The molecule has 102 valence electrons. The molecule has 0 bridgehead atoms. The van der Waals surface area contributed by atoms with E-state index in [1.165, 1.54) is 0 Å². The van der Waals surface area contributed by atoms with Crippen molar-refractivity contribution in [2.24, 2.45) is 5.41 Å². The number of hydrogen-bond acceptors (Lipinski definition) is 4. The van der Waals surface area contributed by atoms with Crippen molar-refractivity contribution in [3.05, 3.63) is 17.5 Å². The average Bonchev–Trinajstić information content (AvgIpc) is 2.67. The van der Waals surface area contributed by atoms with Crippen LogP contribution in [0.15, 0.2) is 6.20 Å². The van der Waals surface area contributed by atoms with Crippen molar-refractivity contribution in [2.45, 2.75) is 34.6 Å². The predicted octanol–water partition coefficient (Wildman–Crippen LogP) is 2.60. The van der Waals surface area contributed by atoms with E-state index in [2.05, 4.69) is 20.3 Å². The fourth-order valence-corrected chi connectivity index (χ4v) is 1.90. The molecular formula is C14H20N4O. The molecule has 0 radical (unpaired) electrons. The van der Waals surface area contributed by atoms with Crippen LogP contribution in [-0.4, -0.2) is 27.3 Å². The van der Waals surface area contributed by atoms with Crippen LogP contribution in [0, 0.1) is 19.3 Å². The zero-order valence-corrected chi connectivity index (χ0v) is 12.1. The number of carbonyl (C=O) groups is 1. The van der Waals surface area contributed by atoms with Gasteiger partial charge in [0.25, 0.3) is 0 Å². The number of aromatic nitrogens is 3. The molecule has 2 N–H and O–H groups in total. The third-order valence-electron chi connectivity index (χ3n) is 3.15. The number of aryl methyl sites for hydroxylation is 2. The number of anilines is 1. The molecule has 5 nitrogen and oxygen atoms in total. The van der Waals surface area contributed by atoms with Crippen molar-refractivity contribution in [1.82, 2.24) is 15.0 Å². The molecule has 0 amide bonds. The first-order chi connectivity index (χ1) is 8.79. The maximum Gasteiger partial charge on any atom is 0.225 e. The van der Waals surface area contributed by atoms with Crippen LogP contribution in [0.2, 0.25) is 0 Å². The number of rotatable bonds is 3. The number of hydrogen-bond donors (Lipinski definition) is 2. The highest BCUT2D eigenvalue weighted by Crippen LogP contribution is 2.20. The molecule has 5 heteroatoms. The Hall–Kier alpha value is -1.91. The van der Waals surface area contributed by atoms with E-state index in [-0.39, 0.29) is 17.7 Å². The van der Waals surface area contributed by atoms with Gasteiger partial charge < -0.3 is 10.3 Å². The number of fused-ring (bicyclic) bond motifs is 1. The van der Waals surface area contributed by atoms with Gasteiger partial charge in [-0.1, -0.05) is 20.8 Å². The van der Waals surface area contributed by atoms with E-state index < -0.39 is 0 Å². The van der Waals surface area contributed by atoms with Gasteiger partial charge >= 0.3 is 0 Å². The van der Waals surface area contributed by atoms with Gasteiger partial charge in [0.05, 0.1) is 12.2 Å². The maximum atomic E-state index is 11.9. The van der Waals surface area contributed by atoms with Gasteiger partial charge in [0.2, 0.25) is 5.95 Å². The second-order valence-electron chi connectivity index (χ2n) is 5.85. The van der Waals surface area contributed by atoms with Crippen molar-refractivity contribution in [3.63, 3.8) is 0 Å². The molecule has 2 heterocycles. The summed E-state index contributed by atoms with van der Waals surface area (Å²) in [6, 6.07) is 0. The Bertz CT molecular complexity index is 622. The quantitative estimate of drug-likeness (QED) is 0.890. The summed E-state index contributed by atoms with van der Waals surface area (Å²) in [4.78, 5) is 23.8. The van der Waals surface area contributed by atoms with E-state index in [0.717, 1.165) is 22.3 Å². The van der Waals surface area contributed by atoms with Crippen LogP contribution in [0.25, 0.3) is 11.0 Å². The Morgan fingerprint density at radius 1 is 1.32 bits per heavy atom. The molecule has 0 atom stereocenters. The lowest BCUT2D eigenvalue weighted by Crippen LogP contribution is -2.28. The Kier molecular flexibility index (Phi) is 3.30. The van der Waals surface area contributed by atoms with Crippen LogP contribution in [0.3, 0.4) is 0 Å². The molecule has 0 saturated carbocycles. The first-order valence-electron chi connectivity index (χ1n) is 6.38. The van der Waals surface area contributed by atoms with Gasteiger partial charge in [0.15, 0.2) is 5.78 Å². The highest BCUT2D eigenvalue weighted by molar-refractivity contribution is 5.87. The van der Waals surface area contributed by atoms with Crippen LogP contribution in [0.5, 0.6) is 0 Å². The number of ketones is 1.